The molecule has 5 nitrogen and oxygen atoms in total. The normalized spacial score (nSPS) is 11.8. The molecule has 31 heavy (non-hydrogen) atoms. The smallest absolute Gasteiger partial charge is 0.321 e. The van der Waals surface area contributed by atoms with Crippen molar-refractivity contribution in [2.75, 3.05) is 5.32 Å². The van der Waals surface area contributed by atoms with E-state index in [1.165, 1.54) is 22.9 Å². The summed E-state index contributed by atoms with van der Waals surface area (Å²) in [6.07, 6.45) is -3.50. The molecule has 0 bridgehead atoms. The number of hydrogen-bond donors (Lipinski definition) is 1. The van der Waals surface area contributed by atoms with Crippen LogP contribution in [0.15, 0.2) is 54.1 Å². The van der Waals surface area contributed by atoms with Crippen molar-refractivity contribution >= 4 is 40.9 Å². The highest BCUT2D eigenvalue weighted by Crippen LogP contribution is 2.35. The van der Waals surface area contributed by atoms with Crippen LogP contribution in [-0.4, -0.2) is 15.7 Å². The molecule has 0 saturated carbocycles. The van der Waals surface area contributed by atoms with E-state index in [4.69, 9.17) is 23.2 Å². The van der Waals surface area contributed by atoms with Gasteiger partial charge in [-0.15, -0.1) is 0 Å². The molecule has 0 radical (unpaired) electrons. The van der Waals surface area contributed by atoms with Gasteiger partial charge < -0.3 is 5.32 Å². The molecular weight excluding hydrogens is 452 g/mol. The Kier molecular flexibility index (Phi) is 6.39. The van der Waals surface area contributed by atoms with E-state index in [9.17, 15) is 23.2 Å². The number of benzene rings is 2. The number of nitriles is 1. The van der Waals surface area contributed by atoms with Crippen molar-refractivity contribution in [1.82, 2.24) is 9.78 Å². The zero-order chi connectivity index (χ0) is 22.8. The van der Waals surface area contributed by atoms with Crippen molar-refractivity contribution in [3.8, 4) is 11.8 Å². The first-order valence-electron chi connectivity index (χ1n) is 8.73. The van der Waals surface area contributed by atoms with E-state index in [1.54, 1.807) is 37.3 Å². The minimum absolute atomic E-state index is 0.0850. The maximum absolute atomic E-state index is 13.2. The van der Waals surface area contributed by atoms with Crippen LogP contribution < -0.4 is 5.32 Å². The first kappa shape index (κ1) is 22.4. The van der Waals surface area contributed by atoms with Crippen LogP contribution in [0.25, 0.3) is 11.8 Å². The van der Waals surface area contributed by atoms with Gasteiger partial charge in [-0.25, -0.2) is 4.68 Å². The highest BCUT2D eigenvalue weighted by atomic mass is 35.5. The van der Waals surface area contributed by atoms with Crippen molar-refractivity contribution < 1.29 is 18.0 Å². The molecule has 0 spiro atoms. The molecule has 0 aliphatic carbocycles. The summed E-state index contributed by atoms with van der Waals surface area (Å²) in [6.45, 7) is 1.61. The van der Waals surface area contributed by atoms with E-state index in [2.05, 4.69) is 10.4 Å². The Hall–Kier alpha value is -3.28. The highest BCUT2D eigenvalue weighted by molar-refractivity contribution is 6.33. The third kappa shape index (κ3) is 4.74. The van der Waals surface area contributed by atoms with Crippen LogP contribution in [0.2, 0.25) is 10.2 Å². The summed E-state index contributed by atoms with van der Waals surface area (Å²) < 4.78 is 40.8. The number of para-hydroxylation sites is 2. The Morgan fingerprint density at radius 2 is 1.81 bits per heavy atom. The fraction of sp³-hybridized carbons (Fsp3) is 0.0952. The number of carbonyl (C=O) groups is 1. The molecular formula is C21H13Cl2F3N4O. The Balaban J connectivity index is 1.98. The minimum atomic E-state index is -4.67. The molecule has 1 heterocycles. The molecule has 3 aromatic rings. The largest absolute Gasteiger partial charge is 0.418 e. The van der Waals surface area contributed by atoms with Gasteiger partial charge in [-0.3, -0.25) is 4.79 Å². The molecule has 10 heteroatoms. The molecule has 0 unspecified atom stereocenters. The van der Waals surface area contributed by atoms with E-state index >= 15 is 0 Å². The van der Waals surface area contributed by atoms with Gasteiger partial charge in [-0.2, -0.15) is 23.5 Å². The summed E-state index contributed by atoms with van der Waals surface area (Å²) in [7, 11) is 0. The van der Waals surface area contributed by atoms with Gasteiger partial charge in [0.25, 0.3) is 5.91 Å². The topological polar surface area (TPSA) is 70.7 Å². The lowest BCUT2D eigenvalue weighted by Crippen LogP contribution is -2.17. The van der Waals surface area contributed by atoms with Gasteiger partial charge in [-0.1, -0.05) is 47.5 Å². The van der Waals surface area contributed by atoms with Gasteiger partial charge in [0.15, 0.2) is 0 Å². The van der Waals surface area contributed by atoms with Gasteiger partial charge in [0, 0.05) is 5.56 Å². The lowest BCUT2D eigenvalue weighted by molar-refractivity contribution is -0.137. The molecule has 3 rings (SSSR count). The molecule has 0 fully saturated rings. The SMILES string of the molecule is Cc1nn(-c2ccccc2Cl)c(Cl)c1/C=C(\C#N)C(=O)Nc1ccccc1C(F)(F)F. The maximum atomic E-state index is 13.2. The van der Waals surface area contributed by atoms with Crippen LogP contribution >= 0.6 is 23.2 Å². The number of aromatic nitrogens is 2. The zero-order valence-corrected chi connectivity index (χ0v) is 17.3. The van der Waals surface area contributed by atoms with Crippen molar-refractivity contribution in [2.45, 2.75) is 13.1 Å². The molecule has 0 saturated heterocycles. The van der Waals surface area contributed by atoms with Gasteiger partial charge in [-0.05, 0) is 37.3 Å². The number of anilines is 1. The Bertz CT molecular complexity index is 1230. The molecule has 1 aromatic heterocycles. The van der Waals surface area contributed by atoms with Crippen LogP contribution in [0.4, 0.5) is 18.9 Å². The molecule has 0 aliphatic rings. The van der Waals surface area contributed by atoms with Crippen LogP contribution in [0.3, 0.4) is 0 Å². The molecule has 1 amide bonds. The number of rotatable bonds is 4. The van der Waals surface area contributed by atoms with Gasteiger partial charge in [0.05, 0.1) is 27.7 Å². The predicted molar refractivity (Wildman–Crippen MR) is 112 cm³/mol. The summed E-state index contributed by atoms with van der Waals surface area (Å²) >= 11 is 12.6. The number of alkyl halides is 3. The standard InChI is InChI=1S/C21H13Cl2F3N4O/c1-12-14(19(23)30(29-12)18-9-5-3-7-16(18)22)10-13(11-27)20(31)28-17-8-4-2-6-15(17)21(24,25)26/h2-10H,1H3,(H,28,31)/b13-10+. The maximum Gasteiger partial charge on any atom is 0.418 e. The summed E-state index contributed by atoms with van der Waals surface area (Å²) in [4.78, 5) is 12.5. The molecule has 1 N–H and O–H groups in total. The number of amides is 1. The quantitative estimate of drug-likeness (QED) is 0.377. The van der Waals surface area contributed by atoms with E-state index in [1.807, 2.05) is 0 Å². The summed E-state index contributed by atoms with van der Waals surface area (Å²) in [5.74, 6) is -1.01. The third-order valence-corrected chi connectivity index (χ3v) is 4.95. The number of hydrogen-bond acceptors (Lipinski definition) is 3. The van der Waals surface area contributed by atoms with E-state index in [0.29, 0.717) is 16.4 Å². The van der Waals surface area contributed by atoms with Crippen LogP contribution in [0, 0.1) is 18.3 Å². The monoisotopic (exact) mass is 464 g/mol. The lowest BCUT2D eigenvalue weighted by Gasteiger charge is -2.13. The average molecular weight is 465 g/mol. The van der Waals surface area contributed by atoms with Crippen molar-refractivity contribution in [3.63, 3.8) is 0 Å². The molecule has 0 aliphatic heterocycles. The number of nitrogens with one attached hydrogen (secondary N) is 1. The molecule has 158 valence electrons. The van der Waals surface area contributed by atoms with E-state index < -0.39 is 28.9 Å². The Labute approximate surface area is 185 Å². The number of aryl methyl sites for hydroxylation is 1. The summed E-state index contributed by atoms with van der Waals surface area (Å²) in [5, 5.41) is 16.3. The van der Waals surface area contributed by atoms with Gasteiger partial charge in [0.2, 0.25) is 0 Å². The number of nitrogens with zero attached hydrogens (tertiary/aromatic N) is 3. The predicted octanol–water partition coefficient (Wildman–Crippen LogP) is 6.05. The second-order valence-electron chi connectivity index (χ2n) is 6.32. The van der Waals surface area contributed by atoms with Crippen molar-refractivity contribution in [1.29, 1.82) is 5.26 Å². The van der Waals surface area contributed by atoms with Crippen LogP contribution in [0.5, 0.6) is 0 Å². The van der Waals surface area contributed by atoms with E-state index in [0.717, 1.165) is 12.1 Å². The van der Waals surface area contributed by atoms with Crippen LogP contribution in [0.1, 0.15) is 16.8 Å². The molecule has 2 aromatic carbocycles. The molecule has 0 atom stereocenters. The zero-order valence-electron chi connectivity index (χ0n) is 15.8. The minimum Gasteiger partial charge on any atom is -0.321 e. The summed E-state index contributed by atoms with van der Waals surface area (Å²) in [6, 6.07) is 13.0. The lowest BCUT2D eigenvalue weighted by atomic mass is 10.1. The van der Waals surface area contributed by atoms with Crippen molar-refractivity contribution in [3.05, 3.63) is 81.1 Å². The first-order valence-corrected chi connectivity index (χ1v) is 9.48. The number of carbonyl (C=O) groups excluding carboxylic acids is 1. The summed E-state index contributed by atoms with van der Waals surface area (Å²) in [5.41, 5.74) is -0.796. The van der Waals surface area contributed by atoms with Crippen molar-refractivity contribution in [2.24, 2.45) is 0 Å². The third-order valence-electron chi connectivity index (χ3n) is 4.26. The highest BCUT2D eigenvalue weighted by Gasteiger charge is 2.33. The average Bonchev–Trinajstić information content (AvgIpc) is 2.99. The van der Waals surface area contributed by atoms with Crippen LogP contribution in [-0.2, 0) is 11.0 Å². The second-order valence-corrected chi connectivity index (χ2v) is 7.09. The number of halogens is 5. The first-order chi connectivity index (χ1) is 14.6. The second kappa shape index (κ2) is 8.84. The fourth-order valence-corrected chi connectivity index (χ4v) is 3.32. The van der Waals surface area contributed by atoms with Gasteiger partial charge in [0.1, 0.15) is 16.8 Å². The fourth-order valence-electron chi connectivity index (χ4n) is 2.78. The van der Waals surface area contributed by atoms with E-state index in [-0.39, 0.29) is 10.7 Å². The Morgan fingerprint density at radius 1 is 1.16 bits per heavy atom. The Morgan fingerprint density at radius 3 is 2.45 bits per heavy atom. The van der Waals surface area contributed by atoms with Gasteiger partial charge >= 0.3 is 6.18 Å².